The fourth-order valence-corrected chi connectivity index (χ4v) is 19.5. The maximum absolute atomic E-state index is 13.8. The Balaban J connectivity index is 0.000000381. The van der Waals surface area contributed by atoms with Gasteiger partial charge in [0, 0.05) is 209 Å². The molecule has 0 unspecified atom stereocenters. The van der Waals surface area contributed by atoms with Crippen LogP contribution in [-0.4, -0.2) is 97.0 Å². The molecule has 3 radical (unpaired) electrons. The fourth-order valence-electron chi connectivity index (χ4n) is 12.1. The van der Waals surface area contributed by atoms with E-state index in [0.29, 0.717) is 87.1 Å². The number of rotatable bonds is 14. The molecule has 655 valence electrons. The van der Waals surface area contributed by atoms with Crippen LogP contribution in [0.25, 0.3) is 21.5 Å². The minimum atomic E-state index is -4.02. The number of amides is 6. The van der Waals surface area contributed by atoms with Gasteiger partial charge in [-0.05, 0) is 286 Å². The number of aliphatic hydroxyl groups is 1. The maximum Gasteiger partial charge on any atom is 1.00 e. The van der Waals surface area contributed by atoms with E-state index in [1.165, 1.54) is 36.2 Å². The van der Waals surface area contributed by atoms with Crippen molar-refractivity contribution in [1.29, 1.82) is 0 Å². The standard InChI is InChI=1S/C43H30N4O6S.C17H14Br2N2O2S.C13H9NO2.C7H7Br2N.C6H5Br2NO.C6H3Br2NO.3CH4.B.Na.H/c1-27-6-4-8-37-36(27)7-5-9-39(37)54(52,53)45-26-38-32(16-10-30-12-18-34(19-13-30)46-40(48)22-28(2)42(46)50)24-44-25-33(38)17-11-31-14-20-35(21-15-31)47-41(49)23-29(3)43(47)51;1-11-4-2-6-13-12(11)5-3-7-17(13)24(22,23)21-8-14-15(18)9-20-10-16(14)19;1-3-10-4-6-11(7-5-10)14-12(15)8-9(2)13(14)16;1-2-5-6(8)3-10-4-7(5)9;2*7-5-1-9-2-6(8)4(5)3-10;;;;;;/h4-9,12-15,18-25,45H,26H2,1-3H3;2-7,9-10,21H,8H2,1H3;1,4-8H,2H3;3-4H,2H2,1H3;1-2,10H,3H2;1-3H;3*1H4;;;/q;;;;;;;;;;+1;-1. The van der Waals surface area contributed by atoms with Gasteiger partial charge in [-0.2, -0.15) is 0 Å². The van der Waals surface area contributed by atoms with Crippen molar-refractivity contribution < 1.29 is 86.5 Å². The van der Waals surface area contributed by atoms with Crippen molar-refractivity contribution in [3.63, 3.8) is 0 Å². The third-order valence-electron chi connectivity index (χ3n) is 18.6. The monoisotopic (exact) mass is 2280 g/mol. The average Bonchev–Trinajstić information content (AvgIpc) is 1.14. The van der Waals surface area contributed by atoms with Gasteiger partial charge in [-0.1, -0.05) is 119 Å². The van der Waals surface area contributed by atoms with Gasteiger partial charge in [0.2, 0.25) is 20.0 Å². The summed E-state index contributed by atoms with van der Waals surface area (Å²) in [7, 11) is -7.66. The molecule has 6 amide bonds. The number of aliphatic hydroxyl groups excluding tert-OH is 1. The van der Waals surface area contributed by atoms with Crippen LogP contribution in [0.15, 0.2) is 288 Å². The van der Waals surface area contributed by atoms with Crippen molar-refractivity contribution in [2.45, 2.75) is 99.7 Å². The van der Waals surface area contributed by atoms with Crippen molar-refractivity contribution in [3.05, 3.63) is 345 Å². The summed E-state index contributed by atoms with van der Waals surface area (Å²) in [6, 6.07) is 41.6. The number of fused-ring (bicyclic) bond motifs is 2. The Morgan fingerprint density at radius 2 is 0.698 bits per heavy atom. The molecule has 7 aromatic carbocycles. The van der Waals surface area contributed by atoms with Gasteiger partial charge in [-0.15, -0.1) is 6.42 Å². The second-order valence-corrected chi connectivity index (χ2v) is 37.1. The van der Waals surface area contributed by atoms with Gasteiger partial charge in [0.15, 0.2) is 6.29 Å². The molecule has 12 aromatic rings. The molecular formula is C95H81BBr8N10NaO12S2. The summed E-state index contributed by atoms with van der Waals surface area (Å²) in [4.78, 5) is 107. The van der Waals surface area contributed by atoms with Gasteiger partial charge in [0.1, 0.15) is 0 Å². The van der Waals surface area contributed by atoms with Gasteiger partial charge in [0.05, 0.1) is 33.5 Å². The molecule has 22 nitrogen and oxygen atoms in total. The number of nitrogens with one attached hydrogen (secondary N) is 2. The number of aryl methyl sites for hydroxylation is 2. The molecule has 0 atom stereocenters. The number of benzene rings is 7. The van der Waals surface area contributed by atoms with E-state index in [-0.39, 0.29) is 115 Å². The van der Waals surface area contributed by atoms with Crippen molar-refractivity contribution in [1.82, 2.24) is 34.4 Å². The number of imide groups is 3. The Kier molecular flexibility index (Phi) is 43.3. The molecule has 3 aliphatic rings. The third-order valence-corrected chi connectivity index (χ3v) is 26.9. The predicted octanol–water partition coefficient (Wildman–Crippen LogP) is 17.8. The van der Waals surface area contributed by atoms with E-state index >= 15 is 0 Å². The zero-order chi connectivity index (χ0) is 89.9. The number of halogens is 8. The van der Waals surface area contributed by atoms with Crippen LogP contribution in [0.2, 0.25) is 0 Å². The molecule has 3 aliphatic heterocycles. The number of hydrogen-bond donors (Lipinski definition) is 3. The second-order valence-electron chi connectivity index (χ2n) is 26.8. The summed E-state index contributed by atoms with van der Waals surface area (Å²) >= 11 is 26.5. The quantitative estimate of drug-likeness (QED) is 0.0394. The Hall–Kier alpha value is -9.52. The summed E-state index contributed by atoms with van der Waals surface area (Å²) in [5.74, 6) is 12.6. The molecule has 0 aliphatic carbocycles. The first kappa shape index (κ1) is 110. The Labute approximate surface area is 843 Å². The molecule has 129 heavy (non-hydrogen) atoms. The molecule has 8 heterocycles. The molecular weight excluding hydrogens is 2210 g/mol. The Morgan fingerprint density at radius 1 is 0.403 bits per heavy atom. The summed E-state index contributed by atoms with van der Waals surface area (Å²) in [5, 5.41) is 11.9. The fraction of sp³-hybridized carbons (Fsp3) is 0.137. The molecule has 34 heteroatoms. The molecule has 0 fully saturated rings. The Morgan fingerprint density at radius 3 is 0.984 bits per heavy atom. The topological polar surface area (TPSA) is 306 Å². The smallest absolute Gasteiger partial charge is 1.00 e. The summed E-state index contributed by atoms with van der Waals surface area (Å²) < 4.78 is 65.3. The number of nitrogens with zero attached hydrogens (tertiary/aromatic N) is 8. The first-order valence-corrected chi connectivity index (χ1v) is 46.1. The minimum Gasteiger partial charge on any atom is -1.00 e. The second kappa shape index (κ2) is 50.8. The molecule has 5 aromatic heterocycles. The number of anilines is 3. The summed E-state index contributed by atoms with van der Waals surface area (Å²) in [6.45, 7) is 10.8. The van der Waals surface area contributed by atoms with E-state index in [1.807, 2.05) is 68.7 Å². The largest absolute Gasteiger partial charge is 1.00 e. The number of carbonyl (C=O) groups excluding carboxylic acids is 7. The number of pyridine rings is 5. The van der Waals surface area contributed by atoms with Gasteiger partial charge in [-0.3, -0.25) is 58.5 Å². The van der Waals surface area contributed by atoms with Crippen molar-refractivity contribution >= 4 is 236 Å². The first-order valence-electron chi connectivity index (χ1n) is 36.8. The number of carbonyl (C=O) groups is 7. The van der Waals surface area contributed by atoms with E-state index in [4.69, 9.17) is 11.5 Å². The van der Waals surface area contributed by atoms with Gasteiger partial charge < -0.3 is 6.53 Å². The van der Waals surface area contributed by atoms with Crippen molar-refractivity contribution in [3.8, 4) is 36.0 Å². The molecule has 0 spiro atoms. The van der Waals surface area contributed by atoms with Crippen LogP contribution in [0.5, 0.6) is 0 Å². The van der Waals surface area contributed by atoms with Gasteiger partial charge in [-0.25, -0.2) is 41.0 Å². The minimum absolute atomic E-state index is 0. The number of aromatic nitrogens is 5. The predicted molar refractivity (Wildman–Crippen MR) is 534 cm³/mol. The van der Waals surface area contributed by atoms with E-state index in [2.05, 4.69) is 198 Å². The van der Waals surface area contributed by atoms with Crippen LogP contribution in [0.1, 0.15) is 123 Å². The number of hydrogen-bond acceptors (Lipinski definition) is 17. The third kappa shape index (κ3) is 27.8. The van der Waals surface area contributed by atoms with Crippen molar-refractivity contribution in [2.24, 2.45) is 0 Å². The molecule has 3 N–H and O–H groups in total. The number of terminal acetylenes is 1. The van der Waals surface area contributed by atoms with Crippen LogP contribution < -0.4 is 53.7 Å². The molecule has 0 bridgehead atoms. The first-order chi connectivity index (χ1) is 59.2. The van der Waals surface area contributed by atoms with E-state index < -0.39 is 31.9 Å². The molecule has 15 rings (SSSR count). The SMILES string of the molecule is C.C.C.C#Cc1ccc(N2C(=O)C=C(C)C2=O)cc1.CC1=CC(=O)N(c2ccc(C#Cc3cncc(C#Cc4ccc(N5C(=O)C=C(C)C5=O)cc4)c3CNS(=O)(=O)c3cccc4c(C)cccc34)cc2)C1=O.CCc1c(Br)cncc1Br.Cc1cccc2c(S(=O)(=O)NCc3c(Br)cncc3Br)cccc12.O=Cc1c(Br)cncc1Br.OCc1c(Br)cncc1Br.[B].[H-].[Na+]. The zero-order valence-electron chi connectivity index (χ0n) is 68.8. The van der Waals surface area contributed by atoms with Gasteiger partial charge >= 0.3 is 29.6 Å². The number of aldehydes is 1. The summed E-state index contributed by atoms with van der Waals surface area (Å²) in [5.41, 5.74) is 11.3. The van der Waals surface area contributed by atoms with Crippen LogP contribution in [-0.2, 0) is 74.9 Å². The van der Waals surface area contributed by atoms with E-state index in [9.17, 15) is 50.4 Å². The van der Waals surface area contributed by atoms with Crippen LogP contribution in [0, 0.1) is 49.9 Å². The number of sulfonamides is 2. The van der Waals surface area contributed by atoms with E-state index in [0.717, 1.165) is 92.7 Å². The molecule has 0 saturated carbocycles. The summed E-state index contributed by atoms with van der Waals surface area (Å²) in [6.07, 6.45) is 27.3. The van der Waals surface area contributed by atoms with Crippen LogP contribution in [0.4, 0.5) is 17.1 Å². The normalized spacial score (nSPS) is 12.2. The van der Waals surface area contributed by atoms with Crippen LogP contribution >= 0.6 is 127 Å². The van der Waals surface area contributed by atoms with Gasteiger partial charge in [0.25, 0.3) is 35.4 Å². The van der Waals surface area contributed by atoms with E-state index in [1.54, 1.807) is 161 Å². The average molecular weight is 2290 g/mol. The van der Waals surface area contributed by atoms with Crippen molar-refractivity contribution in [2.75, 3.05) is 14.7 Å². The molecule has 0 saturated heterocycles. The maximum atomic E-state index is 13.8. The van der Waals surface area contributed by atoms with Crippen LogP contribution in [0.3, 0.4) is 0 Å². The Bertz CT molecular complexity index is 6530. The zero-order valence-corrected chi connectivity index (χ0v) is 84.1.